The van der Waals surface area contributed by atoms with Gasteiger partial charge in [-0.05, 0) is 72.9 Å². The predicted octanol–water partition coefficient (Wildman–Crippen LogP) is 6.04. The number of nitrogens with zero attached hydrogens (tertiary/aromatic N) is 2. The molecule has 35 heavy (non-hydrogen) atoms. The minimum absolute atomic E-state index is 0.0316. The first-order valence-corrected chi connectivity index (χ1v) is 13.4. The highest BCUT2D eigenvalue weighted by Gasteiger charge is 2.32. The zero-order chi connectivity index (χ0) is 24.4. The Morgan fingerprint density at radius 3 is 3.00 bits per heavy atom. The lowest BCUT2D eigenvalue weighted by molar-refractivity contribution is -0.136. The van der Waals surface area contributed by atoms with Crippen molar-refractivity contribution in [3.63, 3.8) is 0 Å². The second-order valence-electron chi connectivity index (χ2n) is 10.6. The number of H-pyrrole nitrogens is 1. The number of nitrogens with one attached hydrogen (secondary N) is 1. The third-order valence-electron chi connectivity index (χ3n) is 7.25. The van der Waals surface area contributed by atoms with Gasteiger partial charge < -0.3 is 14.6 Å². The Morgan fingerprint density at radius 2 is 2.14 bits per heavy atom. The highest BCUT2D eigenvalue weighted by atomic mass is 35.5. The van der Waals surface area contributed by atoms with Crippen LogP contribution in [0.5, 0.6) is 5.75 Å². The lowest BCUT2D eigenvalue weighted by Crippen LogP contribution is -2.39. The molecule has 0 aliphatic carbocycles. The summed E-state index contributed by atoms with van der Waals surface area (Å²) in [6.07, 6.45) is 6.00. The number of carbonyl (C=O) groups is 1. The molecule has 1 N–H and O–H groups in total. The van der Waals surface area contributed by atoms with Crippen LogP contribution in [0.3, 0.4) is 0 Å². The van der Waals surface area contributed by atoms with Crippen molar-refractivity contribution in [3.8, 4) is 5.75 Å². The van der Waals surface area contributed by atoms with Gasteiger partial charge in [0.05, 0.1) is 12.5 Å². The molecular weight excluding hydrogens is 458 g/mol. The van der Waals surface area contributed by atoms with Crippen molar-refractivity contribution in [3.05, 3.63) is 64.3 Å². The maximum atomic E-state index is 13.7. The SMILES string of the molecule is CC(C)CN(Cc1cc(Cl)c2c(c1)OCCCC2)C(=O)[C@@H]1CCN(Cc2cccc3cc[nH]c23)C1. The van der Waals surface area contributed by atoms with E-state index in [2.05, 4.69) is 54.1 Å². The summed E-state index contributed by atoms with van der Waals surface area (Å²) >= 11 is 6.65. The van der Waals surface area contributed by atoms with Gasteiger partial charge >= 0.3 is 0 Å². The molecule has 1 aromatic heterocycles. The van der Waals surface area contributed by atoms with Gasteiger partial charge in [-0.15, -0.1) is 0 Å². The first kappa shape index (κ1) is 24.2. The van der Waals surface area contributed by atoms with Gasteiger partial charge in [0.25, 0.3) is 0 Å². The summed E-state index contributed by atoms with van der Waals surface area (Å²) in [6, 6.07) is 12.7. The fourth-order valence-electron chi connectivity index (χ4n) is 5.57. The molecular formula is C29H36ClN3O2. The van der Waals surface area contributed by atoms with E-state index in [0.717, 1.165) is 80.4 Å². The molecule has 5 rings (SSSR count). The molecule has 0 saturated carbocycles. The molecule has 0 unspecified atom stereocenters. The lowest BCUT2D eigenvalue weighted by atomic mass is 10.0. The van der Waals surface area contributed by atoms with E-state index in [1.807, 2.05) is 17.2 Å². The monoisotopic (exact) mass is 493 g/mol. The number of carbonyl (C=O) groups excluding carboxylic acids is 1. The van der Waals surface area contributed by atoms with Crippen molar-refractivity contribution in [1.29, 1.82) is 0 Å². The van der Waals surface area contributed by atoms with Crippen LogP contribution in [0.25, 0.3) is 10.9 Å². The van der Waals surface area contributed by atoms with Crippen LogP contribution in [-0.2, 0) is 24.3 Å². The molecule has 5 nitrogen and oxygen atoms in total. The van der Waals surface area contributed by atoms with E-state index in [1.54, 1.807) is 0 Å². The van der Waals surface area contributed by atoms with Gasteiger partial charge in [0.2, 0.25) is 5.91 Å². The topological polar surface area (TPSA) is 48.6 Å². The summed E-state index contributed by atoms with van der Waals surface area (Å²) < 4.78 is 5.99. The quantitative estimate of drug-likeness (QED) is 0.436. The summed E-state index contributed by atoms with van der Waals surface area (Å²) in [5.74, 6) is 1.58. The smallest absolute Gasteiger partial charge is 0.227 e. The van der Waals surface area contributed by atoms with E-state index < -0.39 is 0 Å². The Hall–Kier alpha value is -2.50. The number of para-hydroxylation sites is 1. The fraction of sp³-hybridized carbons (Fsp3) is 0.483. The molecule has 1 fully saturated rings. The Kier molecular flexibility index (Phi) is 7.35. The Bertz CT molecular complexity index is 1190. The van der Waals surface area contributed by atoms with E-state index in [-0.39, 0.29) is 11.8 Å². The van der Waals surface area contributed by atoms with Crippen LogP contribution >= 0.6 is 11.6 Å². The zero-order valence-corrected chi connectivity index (χ0v) is 21.6. The van der Waals surface area contributed by atoms with Crippen LogP contribution in [0.1, 0.15) is 49.8 Å². The molecule has 0 spiro atoms. The van der Waals surface area contributed by atoms with Crippen LogP contribution in [0, 0.1) is 11.8 Å². The van der Waals surface area contributed by atoms with E-state index in [1.165, 1.54) is 16.5 Å². The van der Waals surface area contributed by atoms with Crippen LogP contribution in [-0.4, -0.2) is 46.9 Å². The average Bonchev–Trinajstić information content (AvgIpc) is 3.43. The molecule has 6 heteroatoms. The summed E-state index contributed by atoms with van der Waals surface area (Å²) in [4.78, 5) is 21.5. The number of hydrogen-bond acceptors (Lipinski definition) is 3. The second kappa shape index (κ2) is 10.6. The van der Waals surface area contributed by atoms with Crippen molar-refractivity contribution in [2.75, 3.05) is 26.2 Å². The van der Waals surface area contributed by atoms with E-state index in [4.69, 9.17) is 16.3 Å². The van der Waals surface area contributed by atoms with E-state index in [0.29, 0.717) is 12.5 Å². The maximum Gasteiger partial charge on any atom is 0.227 e. The zero-order valence-electron chi connectivity index (χ0n) is 20.9. The number of aromatic nitrogens is 1. The average molecular weight is 494 g/mol. The first-order valence-electron chi connectivity index (χ1n) is 13.0. The highest BCUT2D eigenvalue weighted by molar-refractivity contribution is 6.31. The number of fused-ring (bicyclic) bond motifs is 2. The van der Waals surface area contributed by atoms with Crippen molar-refractivity contribution in [1.82, 2.24) is 14.8 Å². The fourth-order valence-corrected chi connectivity index (χ4v) is 5.89. The molecule has 2 aliphatic rings. The van der Waals surface area contributed by atoms with Crippen molar-refractivity contribution in [2.45, 2.75) is 52.6 Å². The van der Waals surface area contributed by atoms with E-state index in [9.17, 15) is 4.79 Å². The largest absolute Gasteiger partial charge is 0.493 e. The number of benzene rings is 2. The first-order chi connectivity index (χ1) is 17.0. The summed E-state index contributed by atoms with van der Waals surface area (Å²) in [7, 11) is 0. The van der Waals surface area contributed by atoms with Gasteiger partial charge in [-0.2, -0.15) is 0 Å². The van der Waals surface area contributed by atoms with Gasteiger partial charge in [0.15, 0.2) is 0 Å². The molecule has 1 saturated heterocycles. The molecule has 3 heterocycles. The van der Waals surface area contributed by atoms with Gasteiger partial charge in [-0.25, -0.2) is 0 Å². The van der Waals surface area contributed by atoms with Gasteiger partial charge in [0.1, 0.15) is 5.75 Å². The summed E-state index contributed by atoms with van der Waals surface area (Å²) in [5.41, 5.74) is 4.65. The highest BCUT2D eigenvalue weighted by Crippen LogP contribution is 2.33. The normalized spacial score (nSPS) is 18.5. The molecule has 0 radical (unpaired) electrons. The van der Waals surface area contributed by atoms with Crippen LogP contribution in [0.15, 0.2) is 42.6 Å². The summed E-state index contributed by atoms with van der Waals surface area (Å²) in [6.45, 7) is 9.01. The number of aromatic amines is 1. The van der Waals surface area contributed by atoms with Gasteiger partial charge in [-0.3, -0.25) is 9.69 Å². The third-order valence-corrected chi connectivity index (χ3v) is 7.59. The molecule has 2 aliphatic heterocycles. The molecule has 3 aromatic rings. The maximum absolute atomic E-state index is 13.7. The number of hydrogen-bond donors (Lipinski definition) is 1. The molecule has 1 atom stereocenters. The van der Waals surface area contributed by atoms with Crippen molar-refractivity contribution >= 4 is 28.4 Å². The van der Waals surface area contributed by atoms with E-state index >= 15 is 0 Å². The van der Waals surface area contributed by atoms with Gasteiger partial charge in [0, 0.05) is 48.5 Å². The molecule has 186 valence electrons. The molecule has 0 bridgehead atoms. The Morgan fingerprint density at radius 1 is 1.26 bits per heavy atom. The number of amides is 1. The second-order valence-corrected chi connectivity index (χ2v) is 11.0. The number of rotatable bonds is 7. The Labute approximate surface area is 213 Å². The van der Waals surface area contributed by atoms with Crippen LogP contribution in [0.2, 0.25) is 5.02 Å². The van der Waals surface area contributed by atoms with Crippen LogP contribution in [0.4, 0.5) is 0 Å². The number of halogens is 1. The number of ether oxygens (including phenoxy) is 1. The Balaban J connectivity index is 1.28. The minimum Gasteiger partial charge on any atom is -0.493 e. The third kappa shape index (κ3) is 5.52. The minimum atomic E-state index is 0.0316. The number of likely N-dealkylation sites (tertiary alicyclic amines) is 1. The van der Waals surface area contributed by atoms with Gasteiger partial charge in [-0.1, -0.05) is 43.6 Å². The van der Waals surface area contributed by atoms with Crippen molar-refractivity contribution in [2.24, 2.45) is 11.8 Å². The molecule has 2 aromatic carbocycles. The standard InChI is InChI=1S/C29H36ClN3O2/c1-20(2)16-33(17-21-14-26(30)25-8-3-4-13-35-27(25)15-21)29(34)24-10-12-32(19-24)18-23-7-5-6-22-9-11-31-28(22)23/h5-7,9,11,14-15,20,24,31H,3-4,8,10,12-13,16-19H2,1-2H3/t24-/m1/s1. The predicted molar refractivity (Wildman–Crippen MR) is 142 cm³/mol. The lowest BCUT2D eigenvalue weighted by Gasteiger charge is -2.28. The van der Waals surface area contributed by atoms with Crippen molar-refractivity contribution < 1.29 is 9.53 Å². The molecule has 1 amide bonds. The summed E-state index contributed by atoms with van der Waals surface area (Å²) in [5, 5.41) is 2.00. The van der Waals surface area contributed by atoms with Crippen LogP contribution < -0.4 is 4.74 Å².